The fraction of sp³-hybridized carbons (Fsp3) is 0.529. The van der Waals surface area contributed by atoms with Crippen LogP contribution >= 0.6 is 0 Å². The zero-order valence-corrected chi connectivity index (χ0v) is 13.5. The number of rotatable bonds is 9. The van der Waals surface area contributed by atoms with Gasteiger partial charge in [-0.3, -0.25) is 9.59 Å². The van der Waals surface area contributed by atoms with Crippen molar-refractivity contribution in [2.45, 2.75) is 58.6 Å². The van der Waals surface area contributed by atoms with Gasteiger partial charge < -0.3 is 15.2 Å². The number of unbranched alkanes of at least 4 members (excludes halogenated alkanes) is 1. The van der Waals surface area contributed by atoms with Crippen molar-refractivity contribution >= 4 is 11.9 Å². The first kappa shape index (κ1) is 18.0. The molecular formula is C17H25NO4. The fourth-order valence-corrected chi connectivity index (χ4v) is 2.07. The van der Waals surface area contributed by atoms with Crippen LogP contribution in [0.5, 0.6) is 5.75 Å². The third-order valence-corrected chi connectivity index (χ3v) is 3.17. The molecule has 0 saturated heterocycles. The van der Waals surface area contributed by atoms with E-state index in [2.05, 4.69) is 5.32 Å². The fourth-order valence-electron chi connectivity index (χ4n) is 2.07. The predicted octanol–water partition coefficient (Wildman–Crippen LogP) is 3.30. The van der Waals surface area contributed by atoms with Crippen molar-refractivity contribution in [3.63, 3.8) is 0 Å². The van der Waals surface area contributed by atoms with E-state index in [1.807, 2.05) is 45.0 Å². The lowest BCUT2D eigenvalue weighted by molar-refractivity contribution is -0.137. The van der Waals surface area contributed by atoms with Crippen molar-refractivity contribution in [3.8, 4) is 5.75 Å². The first-order valence-corrected chi connectivity index (χ1v) is 7.66. The highest BCUT2D eigenvalue weighted by Crippen LogP contribution is 2.18. The molecule has 5 heteroatoms. The number of nitrogens with one attached hydrogen (secondary N) is 1. The summed E-state index contributed by atoms with van der Waals surface area (Å²) in [5.74, 6) is -0.0659. The Bertz CT molecular complexity index is 482. The Balaban J connectivity index is 2.39. The average Bonchev–Trinajstić information content (AvgIpc) is 2.43. The van der Waals surface area contributed by atoms with Gasteiger partial charge in [-0.2, -0.15) is 0 Å². The highest BCUT2D eigenvalue weighted by molar-refractivity contribution is 5.76. The van der Waals surface area contributed by atoms with E-state index in [1.165, 1.54) is 0 Å². The predicted molar refractivity (Wildman–Crippen MR) is 84.9 cm³/mol. The lowest BCUT2D eigenvalue weighted by Gasteiger charge is -2.15. The second-order valence-electron chi connectivity index (χ2n) is 5.63. The van der Waals surface area contributed by atoms with Crippen molar-refractivity contribution in [1.82, 2.24) is 5.32 Å². The van der Waals surface area contributed by atoms with E-state index in [4.69, 9.17) is 9.84 Å². The third-order valence-electron chi connectivity index (χ3n) is 3.17. The van der Waals surface area contributed by atoms with Gasteiger partial charge in [0, 0.05) is 12.8 Å². The summed E-state index contributed by atoms with van der Waals surface area (Å²) in [5.41, 5.74) is 1.01. The van der Waals surface area contributed by atoms with Gasteiger partial charge in [0.2, 0.25) is 5.91 Å². The van der Waals surface area contributed by atoms with Gasteiger partial charge >= 0.3 is 5.97 Å². The van der Waals surface area contributed by atoms with E-state index in [0.717, 1.165) is 11.3 Å². The highest BCUT2D eigenvalue weighted by atomic mass is 16.5. The summed E-state index contributed by atoms with van der Waals surface area (Å²) in [7, 11) is 0. The molecule has 2 N–H and O–H groups in total. The van der Waals surface area contributed by atoms with Crippen LogP contribution in [-0.4, -0.2) is 23.1 Å². The summed E-state index contributed by atoms with van der Waals surface area (Å²) in [6.07, 6.45) is 1.71. The summed E-state index contributed by atoms with van der Waals surface area (Å²) in [4.78, 5) is 22.2. The van der Waals surface area contributed by atoms with Crippen molar-refractivity contribution in [2.75, 3.05) is 0 Å². The molecule has 0 saturated carbocycles. The Labute approximate surface area is 131 Å². The summed E-state index contributed by atoms with van der Waals surface area (Å²) in [6.45, 7) is 5.87. The SMILES string of the molecule is CC(C)Oc1ccc(C(C)NC(=O)CCCCC(=O)O)cc1. The molecule has 0 aromatic heterocycles. The van der Waals surface area contributed by atoms with Crippen LogP contribution in [0.4, 0.5) is 0 Å². The van der Waals surface area contributed by atoms with Crippen LogP contribution in [0.1, 0.15) is 58.1 Å². The van der Waals surface area contributed by atoms with Crippen molar-refractivity contribution in [3.05, 3.63) is 29.8 Å². The zero-order valence-electron chi connectivity index (χ0n) is 13.5. The van der Waals surface area contributed by atoms with Crippen LogP contribution in [0.15, 0.2) is 24.3 Å². The molecule has 1 aromatic carbocycles. The van der Waals surface area contributed by atoms with Gasteiger partial charge in [-0.15, -0.1) is 0 Å². The second-order valence-corrected chi connectivity index (χ2v) is 5.63. The number of carbonyl (C=O) groups excluding carboxylic acids is 1. The number of aliphatic carboxylic acids is 1. The molecule has 1 aromatic rings. The minimum atomic E-state index is -0.822. The van der Waals surface area contributed by atoms with E-state index >= 15 is 0 Å². The number of hydrogen-bond acceptors (Lipinski definition) is 3. The van der Waals surface area contributed by atoms with Crippen LogP contribution in [0, 0.1) is 0 Å². The van der Waals surface area contributed by atoms with Gasteiger partial charge in [-0.25, -0.2) is 0 Å². The van der Waals surface area contributed by atoms with Gasteiger partial charge in [0.25, 0.3) is 0 Å². The maximum absolute atomic E-state index is 11.8. The van der Waals surface area contributed by atoms with Crippen LogP contribution in [0.25, 0.3) is 0 Å². The van der Waals surface area contributed by atoms with Gasteiger partial charge in [0.05, 0.1) is 12.1 Å². The smallest absolute Gasteiger partial charge is 0.303 e. The Morgan fingerprint density at radius 3 is 2.23 bits per heavy atom. The number of amides is 1. The summed E-state index contributed by atoms with van der Waals surface area (Å²) in [6, 6.07) is 7.58. The molecule has 0 radical (unpaired) electrons. The van der Waals surface area contributed by atoms with Crippen molar-refractivity contribution in [2.24, 2.45) is 0 Å². The molecule has 1 atom stereocenters. The molecule has 1 unspecified atom stereocenters. The van der Waals surface area contributed by atoms with E-state index in [-0.39, 0.29) is 24.5 Å². The van der Waals surface area contributed by atoms with Crippen LogP contribution in [0.3, 0.4) is 0 Å². The molecular weight excluding hydrogens is 282 g/mol. The molecule has 0 fully saturated rings. The highest BCUT2D eigenvalue weighted by Gasteiger charge is 2.10. The van der Waals surface area contributed by atoms with Crippen LogP contribution in [-0.2, 0) is 9.59 Å². The van der Waals surface area contributed by atoms with Gasteiger partial charge in [-0.05, 0) is 51.3 Å². The monoisotopic (exact) mass is 307 g/mol. The molecule has 5 nitrogen and oxygen atoms in total. The van der Waals surface area contributed by atoms with Gasteiger partial charge in [0.1, 0.15) is 5.75 Å². The Kier molecular flexibility index (Phi) is 7.43. The number of ether oxygens (including phenoxy) is 1. The minimum Gasteiger partial charge on any atom is -0.491 e. The molecule has 0 heterocycles. The lowest BCUT2D eigenvalue weighted by atomic mass is 10.1. The maximum atomic E-state index is 11.8. The molecule has 0 bridgehead atoms. The molecule has 0 aliphatic rings. The second kappa shape index (κ2) is 9.07. The molecule has 0 aliphatic carbocycles. The van der Waals surface area contributed by atoms with Crippen molar-refractivity contribution < 1.29 is 19.4 Å². The quantitative estimate of drug-likeness (QED) is 0.686. The largest absolute Gasteiger partial charge is 0.491 e. The van der Waals surface area contributed by atoms with Gasteiger partial charge in [0.15, 0.2) is 0 Å². The van der Waals surface area contributed by atoms with E-state index < -0.39 is 5.97 Å². The van der Waals surface area contributed by atoms with E-state index in [9.17, 15) is 9.59 Å². The summed E-state index contributed by atoms with van der Waals surface area (Å²) < 4.78 is 5.58. The standard InChI is InChI=1S/C17H25NO4/c1-12(2)22-15-10-8-14(9-11-15)13(3)18-16(19)6-4-5-7-17(20)21/h8-13H,4-7H2,1-3H3,(H,18,19)(H,20,21). The number of carboxylic acid groups (broad SMARTS) is 1. The van der Waals surface area contributed by atoms with Crippen molar-refractivity contribution in [1.29, 1.82) is 0 Å². The third kappa shape index (κ3) is 7.11. The topological polar surface area (TPSA) is 75.6 Å². The van der Waals surface area contributed by atoms with E-state index in [1.54, 1.807) is 0 Å². The Hall–Kier alpha value is -2.04. The lowest BCUT2D eigenvalue weighted by Crippen LogP contribution is -2.26. The molecule has 1 amide bonds. The van der Waals surface area contributed by atoms with Crippen LogP contribution in [0.2, 0.25) is 0 Å². The molecule has 122 valence electrons. The molecule has 0 spiro atoms. The summed E-state index contributed by atoms with van der Waals surface area (Å²) >= 11 is 0. The normalized spacial score (nSPS) is 12.0. The number of carboxylic acids is 1. The van der Waals surface area contributed by atoms with Crippen LogP contribution < -0.4 is 10.1 Å². The molecule has 1 rings (SSSR count). The number of carbonyl (C=O) groups is 2. The first-order chi connectivity index (χ1) is 10.4. The number of benzene rings is 1. The zero-order chi connectivity index (χ0) is 16.5. The maximum Gasteiger partial charge on any atom is 0.303 e. The Morgan fingerprint density at radius 1 is 1.09 bits per heavy atom. The molecule has 0 aliphatic heterocycles. The number of hydrogen-bond donors (Lipinski definition) is 2. The van der Waals surface area contributed by atoms with E-state index in [0.29, 0.717) is 19.3 Å². The minimum absolute atomic E-state index is 0.0552. The first-order valence-electron chi connectivity index (χ1n) is 7.66. The van der Waals surface area contributed by atoms with Gasteiger partial charge in [-0.1, -0.05) is 12.1 Å². The average molecular weight is 307 g/mol. The summed E-state index contributed by atoms with van der Waals surface area (Å²) in [5, 5.41) is 11.5. The Morgan fingerprint density at radius 2 is 1.68 bits per heavy atom. The molecule has 22 heavy (non-hydrogen) atoms.